The summed E-state index contributed by atoms with van der Waals surface area (Å²) in [5.41, 5.74) is 1.74. The van der Waals surface area contributed by atoms with Gasteiger partial charge in [-0.05, 0) is 37.5 Å². The van der Waals surface area contributed by atoms with Gasteiger partial charge in [-0.1, -0.05) is 41.9 Å². The summed E-state index contributed by atoms with van der Waals surface area (Å²) in [6, 6.07) is 15.1. The molecule has 1 heterocycles. The van der Waals surface area contributed by atoms with Crippen LogP contribution in [0.15, 0.2) is 48.5 Å². The first kappa shape index (κ1) is 17.8. The molecule has 132 valence electrons. The van der Waals surface area contributed by atoms with E-state index in [2.05, 4.69) is 5.32 Å². The van der Waals surface area contributed by atoms with Crippen LogP contribution in [-0.4, -0.2) is 26.1 Å². The molecule has 1 atom stereocenters. The number of anilines is 1. The molecule has 0 unspecified atom stereocenters. The van der Waals surface area contributed by atoms with Crippen molar-refractivity contribution in [2.24, 2.45) is 0 Å². The number of ether oxygens (including phenoxy) is 1. The fourth-order valence-corrected chi connectivity index (χ4v) is 3.73. The van der Waals surface area contributed by atoms with Gasteiger partial charge in [0.15, 0.2) is 6.04 Å². The Morgan fingerprint density at radius 3 is 2.48 bits per heavy atom. The van der Waals surface area contributed by atoms with E-state index in [1.54, 1.807) is 19.2 Å². The van der Waals surface area contributed by atoms with E-state index in [4.69, 9.17) is 16.3 Å². The number of hydrogen-bond acceptors (Lipinski definition) is 2. The van der Waals surface area contributed by atoms with Gasteiger partial charge in [0, 0.05) is 11.3 Å². The van der Waals surface area contributed by atoms with Gasteiger partial charge in [-0.2, -0.15) is 0 Å². The number of nitrogens with one attached hydrogen (secondary N) is 2. The number of halogens is 1. The number of piperidine rings is 1. The molecule has 25 heavy (non-hydrogen) atoms. The van der Waals surface area contributed by atoms with Crippen molar-refractivity contribution in [3.63, 3.8) is 0 Å². The van der Waals surface area contributed by atoms with Crippen LogP contribution in [0.3, 0.4) is 0 Å². The maximum Gasteiger partial charge on any atom is 0.287 e. The van der Waals surface area contributed by atoms with Crippen LogP contribution in [-0.2, 0) is 4.79 Å². The number of quaternary nitrogens is 1. The van der Waals surface area contributed by atoms with Crippen molar-refractivity contribution in [2.75, 3.05) is 25.5 Å². The van der Waals surface area contributed by atoms with Crippen LogP contribution in [0.5, 0.6) is 5.75 Å². The highest BCUT2D eigenvalue weighted by atomic mass is 35.5. The lowest BCUT2D eigenvalue weighted by Crippen LogP contribution is -3.14. The Morgan fingerprint density at radius 2 is 1.84 bits per heavy atom. The highest BCUT2D eigenvalue weighted by Gasteiger charge is 2.32. The zero-order chi connectivity index (χ0) is 17.6. The van der Waals surface area contributed by atoms with E-state index in [-0.39, 0.29) is 11.9 Å². The Hall–Kier alpha value is -2.04. The molecule has 0 saturated carbocycles. The quantitative estimate of drug-likeness (QED) is 0.861. The lowest BCUT2D eigenvalue weighted by molar-refractivity contribution is -0.926. The fourth-order valence-electron chi connectivity index (χ4n) is 3.47. The number of hydrogen-bond donors (Lipinski definition) is 2. The molecule has 1 fully saturated rings. The van der Waals surface area contributed by atoms with Crippen molar-refractivity contribution in [3.05, 3.63) is 59.1 Å². The fraction of sp³-hybridized carbons (Fsp3) is 0.350. The Morgan fingerprint density at radius 1 is 1.12 bits per heavy atom. The van der Waals surface area contributed by atoms with Gasteiger partial charge in [-0.15, -0.1) is 0 Å². The lowest BCUT2D eigenvalue weighted by Gasteiger charge is -2.31. The molecular formula is C20H24ClN2O2+. The molecule has 1 aliphatic rings. The second kappa shape index (κ2) is 8.37. The van der Waals surface area contributed by atoms with E-state index in [0.717, 1.165) is 18.7 Å². The Balaban J connectivity index is 1.82. The summed E-state index contributed by atoms with van der Waals surface area (Å²) in [5.74, 6) is 0.602. The van der Waals surface area contributed by atoms with E-state index in [1.165, 1.54) is 24.2 Å². The zero-order valence-electron chi connectivity index (χ0n) is 14.4. The van der Waals surface area contributed by atoms with Gasteiger partial charge in [-0.25, -0.2) is 0 Å². The summed E-state index contributed by atoms with van der Waals surface area (Å²) < 4.78 is 5.17. The van der Waals surface area contributed by atoms with Crippen molar-refractivity contribution in [3.8, 4) is 5.75 Å². The minimum atomic E-state index is -0.206. The third-order valence-corrected chi connectivity index (χ3v) is 5.01. The topological polar surface area (TPSA) is 42.8 Å². The number of likely N-dealkylation sites (tertiary alicyclic amines) is 1. The first-order valence-electron chi connectivity index (χ1n) is 8.73. The number of rotatable bonds is 5. The minimum absolute atomic E-state index is 0.00401. The molecule has 1 saturated heterocycles. The van der Waals surface area contributed by atoms with E-state index in [0.29, 0.717) is 16.5 Å². The summed E-state index contributed by atoms with van der Waals surface area (Å²) in [7, 11) is 1.57. The molecule has 0 aromatic heterocycles. The standard InChI is InChI=1S/C20H23ClN2O2/c1-25-18-11-10-16(14-17(18)21)22-20(24)19(15-8-4-2-5-9-15)23-12-6-3-7-13-23/h2,4-5,8-11,14,19H,3,6-7,12-13H2,1H3,(H,22,24)/p+1/t19-/m0/s1. The van der Waals surface area contributed by atoms with Gasteiger partial charge in [0.1, 0.15) is 5.75 Å². The highest BCUT2D eigenvalue weighted by molar-refractivity contribution is 6.32. The van der Waals surface area contributed by atoms with Crippen molar-refractivity contribution in [1.82, 2.24) is 0 Å². The summed E-state index contributed by atoms with van der Waals surface area (Å²) in [4.78, 5) is 14.4. The molecule has 0 spiro atoms. The first-order chi connectivity index (χ1) is 12.2. The average molecular weight is 360 g/mol. The van der Waals surface area contributed by atoms with Crippen LogP contribution >= 0.6 is 11.6 Å². The van der Waals surface area contributed by atoms with E-state index in [1.807, 2.05) is 36.4 Å². The van der Waals surface area contributed by atoms with Crippen LogP contribution in [0.1, 0.15) is 30.9 Å². The largest absolute Gasteiger partial charge is 0.495 e. The summed E-state index contributed by atoms with van der Waals surface area (Å²) >= 11 is 6.18. The summed E-state index contributed by atoms with van der Waals surface area (Å²) in [6.07, 6.45) is 3.58. The van der Waals surface area contributed by atoms with Crippen molar-refractivity contribution < 1.29 is 14.4 Å². The molecule has 1 aliphatic heterocycles. The highest BCUT2D eigenvalue weighted by Crippen LogP contribution is 2.27. The van der Waals surface area contributed by atoms with Gasteiger partial charge in [0.25, 0.3) is 5.91 Å². The predicted octanol–water partition coefficient (Wildman–Crippen LogP) is 3.10. The average Bonchev–Trinajstić information content (AvgIpc) is 2.64. The molecule has 4 nitrogen and oxygen atoms in total. The molecule has 0 bridgehead atoms. The lowest BCUT2D eigenvalue weighted by atomic mass is 10.0. The Kier molecular flexibility index (Phi) is 5.95. The first-order valence-corrected chi connectivity index (χ1v) is 9.11. The van der Waals surface area contributed by atoms with E-state index < -0.39 is 0 Å². The molecular weight excluding hydrogens is 336 g/mol. The Labute approximate surface area is 153 Å². The molecule has 5 heteroatoms. The molecule has 0 aliphatic carbocycles. The van der Waals surface area contributed by atoms with Crippen LogP contribution < -0.4 is 15.0 Å². The van der Waals surface area contributed by atoms with Crippen molar-refractivity contribution in [2.45, 2.75) is 25.3 Å². The van der Waals surface area contributed by atoms with Gasteiger partial charge in [0.05, 0.1) is 25.2 Å². The maximum atomic E-state index is 13.1. The SMILES string of the molecule is COc1ccc(NC(=O)[C@H](c2ccccc2)[NH+]2CCCCC2)cc1Cl. The van der Waals surface area contributed by atoms with Crippen molar-refractivity contribution >= 4 is 23.2 Å². The predicted molar refractivity (Wildman–Crippen MR) is 100 cm³/mol. The smallest absolute Gasteiger partial charge is 0.287 e. The van der Waals surface area contributed by atoms with Gasteiger partial charge in [-0.3, -0.25) is 4.79 Å². The van der Waals surface area contributed by atoms with Crippen molar-refractivity contribution in [1.29, 1.82) is 0 Å². The number of methoxy groups -OCH3 is 1. The number of carbonyl (C=O) groups excluding carboxylic acids is 1. The van der Waals surface area contributed by atoms with Crippen LogP contribution in [0.4, 0.5) is 5.69 Å². The normalized spacial score (nSPS) is 16.2. The molecule has 1 amide bonds. The molecule has 2 aromatic carbocycles. The van der Waals surface area contributed by atoms with Gasteiger partial charge < -0.3 is 15.0 Å². The molecule has 0 radical (unpaired) electrons. The third-order valence-electron chi connectivity index (χ3n) is 4.72. The second-order valence-corrected chi connectivity index (χ2v) is 6.81. The summed E-state index contributed by atoms with van der Waals surface area (Å²) in [6.45, 7) is 2.05. The molecule has 2 aromatic rings. The van der Waals surface area contributed by atoms with Crippen LogP contribution in [0, 0.1) is 0 Å². The third kappa shape index (κ3) is 4.33. The number of benzene rings is 2. The summed E-state index contributed by atoms with van der Waals surface area (Å²) in [5, 5.41) is 3.52. The monoisotopic (exact) mass is 359 g/mol. The van der Waals surface area contributed by atoms with Crippen LogP contribution in [0.2, 0.25) is 5.02 Å². The number of amides is 1. The molecule has 2 N–H and O–H groups in total. The number of carbonyl (C=O) groups is 1. The second-order valence-electron chi connectivity index (χ2n) is 6.40. The van der Waals surface area contributed by atoms with Gasteiger partial charge >= 0.3 is 0 Å². The van der Waals surface area contributed by atoms with E-state index in [9.17, 15) is 4.79 Å². The van der Waals surface area contributed by atoms with Gasteiger partial charge in [0.2, 0.25) is 0 Å². The minimum Gasteiger partial charge on any atom is -0.495 e. The Bertz CT molecular complexity index is 715. The molecule has 3 rings (SSSR count). The maximum absolute atomic E-state index is 13.1. The zero-order valence-corrected chi connectivity index (χ0v) is 15.2. The van der Waals surface area contributed by atoms with Crippen LogP contribution in [0.25, 0.3) is 0 Å². The van der Waals surface area contributed by atoms with E-state index >= 15 is 0 Å².